The van der Waals surface area contributed by atoms with Crippen molar-refractivity contribution >= 4 is 49.0 Å². The molecule has 0 amide bonds. The predicted molar refractivity (Wildman–Crippen MR) is 108 cm³/mol. The van der Waals surface area contributed by atoms with E-state index >= 15 is 0 Å². The highest BCUT2D eigenvalue weighted by Gasteiger charge is 2.11. The number of fused-ring (bicyclic) bond motifs is 1. The van der Waals surface area contributed by atoms with Gasteiger partial charge in [0, 0.05) is 20.9 Å². The maximum atomic E-state index is 12.8. The SMILES string of the molecule is CCc1nc2ccc(Br)cc2c(=O)n1N=Cc1cc(Br)cc(OC)c1O. The van der Waals surface area contributed by atoms with Crippen LogP contribution in [-0.2, 0) is 6.42 Å². The van der Waals surface area contributed by atoms with Gasteiger partial charge in [-0.15, -0.1) is 0 Å². The van der Waals surface area contributed by atoms with Gasteiger partial charge in [0.05, 0.1) is 24.2 Å². The average molecular weight is 481 g/mol. The van der Waals surface area contributed by atoms with E-state index in [9.17, 15) is 9.90 Å². The molecule has 3 rings (SSSR count). The fourth-order valence-electron chi connectivity index (χ4n) is 2.51. The van der Waals surface area contributed by atoms with E-state index in [0.29, 0.717) is 34.5 Å². The normalized spacial score (nSPS) is 11.4. The smallest absolute Gasteiger partial charge is 0.282 e. The Balaban J connectivity index is 2.17. The van der Waals surface area contributed by atoms with Gasteiger partial charge < -0.3 is 9.84 Å². The van der Waals surface area contributed by atoms with Gasteiger partial charge in [-0.3, -0.25) is 4.79 Å². The van der Waals surface area contributed by atoms with Crippen LogP contribution in [0.3, 0.4) is 0 Å². The summed E-state index contributed by atoms with van der Waals surface area (Å²) in [5.74, 6) is 0.786. The summed E-state index contributed by atoms with van der Waals surface area (Å²) in [6, 6.07) is 8.68. The topological polar surface area (TPSA) is 76.7 Å². The van der Waals surface area contributed by atoms with E-state index in [0.717, 1.165) is 8.95 Å². The predicted octanol–water partition coefficient (Wildman–Crippen LogP) is 4.08. The fraction of sp³-hybridized carbons (Fsp3) is 0.167. The van der Waals surface area contributed by atoms with Crippen LogP contribution in [0.5, 0.6) is 11.5 Å². The Morgan fingerprint density at radius 1 is 1.27 bits per heavy atom. The van der Waals surface area contributed by atoms with Gasteiger partial charge in [-0.05, 0) is 30.3 Å². The van der Waals surface area contributed by atoms with Gasteiger partial charge in [-0.2, -0.15) is 9.78 Å². The van der Waals surface area contributed by atoms with Crippen LogP contribution in [0, 0.1) is 0 Å². The number of hydrogen-bond donors (Lipinski definition) is 1. The highest BCUT2D eigenvalue weighted by atomic mass is 79.9. The van der Waals surface area contributed by atoms with E-state index in [2.05, 4.69) is 41.9 Å². The van der Waals surface area contributed by atoms with Gasteiger partial charge >= 0.3 is 0 Å². The molecule has 1 heterocycles. The number of hydrogen-bond acceptors (Lipinski definition) is 5. The summed E-state index contributed by atoms with van der Waals surface area (Å²) in [5, 5.41) is 15.0. The molecule has 1 N–H and O–H groups in total. The Labute approximate surface area is 166 Å². The number of methoxy groups -OCH3 is 1. The molecule has 0 saturated heterocycles. The summed E-state index contributed by atoms with van der Waals surface area (Å²) in [7, 11) is 1.47. The van der Waals surface area contributed by atoms with E-state index in [1.54, 1.807) is 24.3 Å². The van der Waals surface area contributed by atoms with Crippen LogP contribution < -0.4 is 10.3 Å². The zero-order valence-electron chi connectivity index (χ0n) is 14.0. The molecule has 26 heavy (non-hydrogen) atoms. The Kier molecular flexibility index (Phi) is 5.43. The summed E-state index contributed by atoms with van der Waals surface area (Å²) in [6.45, 7) is 1.90. The molecule has 0 aliphatic rings. The third-order valence-electron chi connectivity index (χ3n) is 3.79. The van der Waals surface area contributed by atoms with Crippen LogP contribution in [0.15, 0.2) is 49.2 Å². The molecule has 0 unspecified atom stereocenters. The first kappa shape index (κ1) is 18.6. The monoisotopic (exact) mass is 479 g/mol. The highest BCUT2D eigenvalue weighted by molar-refractivity contribution is 9.10. The molecule has 0 aliphatic carbocycles. The molecular formula is C18H15Br2N3O3. The van der Waals surface area contributed by atoms with Gasteiger partial charge in [0.1, 0.15) is 5.82 Å². The number of aryl methyl sites for hydroxylation is 1. The minimum absolute atomic E-state index is 0.0537. The molecule has 6 nitrogen and oxygen atoms in total. The van der Waals surface area contributed by atoms with Gasteiger partial charge in [0.2, 0.25) is 0 Å². The Morgan fingerprint density at radius 3 is 2.73 bits per heavy atom. The van der Waals surface area contributed by atoms with Crippen LogP contribution in [-0.4, -0.2) is 28.1 Å². The first-order valence-corrected chi connectivity index (χ1v) is 9.35. The van der Waals surface area contributed by atoms with E-state index in [1.165, 1.54) is 18.0 Å². The fourth-order valence-corrected chi connectivity index (χ4v) is 3.33. The summed E-state index contributed by atoms with van der Waals surface area (Å²) >= 11 is 6.73. The second kappa shape index (κ2) is 7.59. The Morgan fingerprint density at radius 2 is 2.04 bits per heavy atom. The lowest BCUT2D eigenvalue weighted by atomic mass is 10.2. The lowest BCUT2D eigenvalue weighted by Crippen LogP contribution is -2.22. The van der Waals surface area contributed by atoms with Crippen molar-refractivity contribution in [2.75, 3.05) is 7.11 Å². The lowest BCUT2D eigenvalue weighted by molar-refractivity contribution is 0.373. The van der Waals surface area contributed by atoms with Crippen molar-refractivity contribution in [1.29, 1.82) is 0 Å². The number of aromatic nitrogens is 2. The molecule has 0 bridgehead atoms. The van der Waals surface area contributed by atoms with Crippen LogP contribution in [0.2, 0.25) is 0 Å². The summed E-state index contributed by atoms with van der Waals surface area (Å²) in [6.07, 6.45) is 1.95. The van der Waals surface area contributed by atoms with E-state index in [1.807, 2.05) is 13.0 Å². The zero-order valence-corrected chi connectivity index (χ0v) is 17.2. The Bertz CT molecular complexity index is 1080. The number of phenolic OH excluding ortho intramolecular Hbond substituents is 1. The summed E-state index contributed by atoms with van der Waals surface area (Å²) in [5.41, 5.74) is 0.763. The van der Waals surface area contributed by atoms with Crippen molar-refractivity contribution < 1.29 is 9.84 Å². The molecule has 0 atom stereocenters. The molecule has 134 valence electrons. The number of phenols is 1. The third kappa shape index (κ3) is 3.52. The number of benzene rings is 2. The van der Waals surface area contributed by atoms with Crippen molar-refractivity contribution in [2.45, 2.75) is 13.3 Å². The first-order valence-electron chi connectivity index (χ1n) is 7.76. The maximum Gasteiger partial charge on any atom is 0.282 e. The van der Waals surface area contributed by atoms with Gasteiger partial charge in [-0.25, -0.2) is 4.98 Å². The van der Waals surface area contributed by atoms with E-state index in [4.69, 9.17) is 4.74 Å². The molecule has 2 aromatic carbocycles. The largest absolute Gasteiger partial charge is 0.504 e. The van der Waals surface area contributed by atoms with E-state index < -0.39 is 0 Å². The molecule has 8 heteroatoms. The van der Waals surface area contributed by atoms with Crippen molar-refractivity contribution in [3.8, 4) is 11.5 Å². The minimum atomic E-state index is -0.272. The molecule has 0 spiro atoms. The zero-order chi connectivity index (χ0) is 18.8. The van der Waals surface area contributed by atoms with Gasteiger partial charge in [0.15, 0.2) is 11.5 Å². The number of ether oxygens (including phenoxy) is 1. The van der Waals surface area contributed by atoms with Crippen LogP contribution in [0.4, 0.5) is 0 Å². The average Bonchev–Trinajstić information content (AvgIpc) is 2.63. The molecular weight excluding hydrogens is 466 g/mol. The van der Waals surface area contributed by atoms with Crippen molar-refractivity contribution in [2.24, 2.45) is 5.10 Å². The van der Waals surface area contributed by atoms with E-state index in [-0.39, 0.29) is 11.3 Å². The molecule has 0 fully saturated rings. The molecule has 0 radical (unpaired) electrons. The molecule has 3 aromatic rings. The Hall–Kier alpha value is -2.19. The quantitative estimate of drug-likeness (QED) is 0.571. The second-order valence-corrected chi connectivity index (χ2v) is 7.28. The third-order valence-corrected chi connectivity index (χ3v) is 4.74. The molecule has 0 saturated carbocycles. The van der Waals surface area contributed by atoms with Crippen LogP contribution in [0.25, 0.3) is 10.9 Å². The van der Waals surface area contributed by atoms with Crippen LogP contribution >= 0.6 is 31.9 Å². The minimum Gasteiger partial charge on any atom is -0.504 e. The van der Waals surface area contributed by atoms with Crippen molar-refractivity contribution in [3.63, 3.8) is 0 Å². The van der Waals surface area contributed by atoms with Crippen LogP contribution in [0.1, 0.15) is 18.3 Å². The molecule has 1 aromatic heterocycles. The number of rotatable bonds is 4. The second-order valence-electron chi connectivity index (χ2n) is 5.45. The summed E-state index contributed by atoms with van der Waals surface area (Å²) < 4.78 is 7.89. The van der Waals surface area contributed by atoms with Crippen molar-refractivity contribution in [1.82, 2.24) is 9.66 Å². The molecule has 0 aliphatic heterocycles. The van der Waals surface area contributed by atoms with Gasteiger partial charge in [0.25, 0.3) is 5.56 Å². The number of nitrogens with zero attached hydrogens (tertiary/aromatic N) is 3. The highest BCUT2D eigenvalue weighted by Crippen LogP contribution is 2.32. The lowest BCUT2D eigenvalue weighted by Gasteiger charge is -2.09. The number of halogens is 2. The standard InChI is InChI=1S/C18H15Br2N3O3/c1-3-16-22-14-5-4-11(19)7-13(14)18(25)23(16)21-9-10-6-12(20)8-15(26-2)17(10)24/h4-9,24H,3H2,1-2H3. The summed E-state index contributed by atoms with van der Waals surface area (Å²) in [4.78, 5) is 17.4. The number of aromatic hydroxyl groups is 1. The first-order chi connectivity index (χ1) is 12.4. The van der Waals surface area contributed by atoms with Gasteiger partial charge in [-0.1, -0.05) is 38.8 Å². The van der Waals surface area contributed by atoms with Crippen molar-refractivity contribution in [3.05, 3.63) is 61.0 Å². The maximum absolute atomic E-state index is 12.8.